The van der Waals surface area contributed by atoms with Crippen LogP contribution in [0.15, 0.2) is 0 Å². The van der Waals surface area contributed by atoms with E-state index in [1.165, 1.54) is 0 Å². The SMILES string of the molecule is CC(C)(C)N1CC(=O)N(C(C)(C)C)C1. The minimum Gasteiger partial charge on any atom is -0.324 e. The summed E-state index contributed by atoms with van der Waals surface area (Å²) in [4.78, 5) is 15.9. The first-order valence-electron chi connectivity index (χ1n) is 5.18. The molecule has 1 rings (SSSR count). The average Bonchev–Trinajstić information content (AvgIpc) is 2.27. The molecule has 1 aliphatic rings. The number of rotatable bonds is 0. The molecule has 0 aromatic heterocycles. The van der Waals surface area contributed by atoms with E-state index in [1.54, 1.807) is 0 Å². The summed E-state index contributed by atoms with van der Waals surface area (Å²) >= 11 is 0. The highest BCUT2D eigenvalue weighted by atomic mass is 16.2. The van der Waals surface area contributed by atoms with Crippen molar-refractivity contribution < 1.29 is 4.79 Å². The Bertz CT molecular complexity index is 235. The smallest absolute Gasteiger partial charge is 0.238 e. The van der Waals surface area contributed by atoms with Crippen LogP contribution in [0.5, 0.6) is 0 Å². The molecule has 0 aromatic carbocycles. The quantitative estimate of drug-likeness (QED) is 0.591. The van der Waals surface area contributed by atoms with E-state index in [0.717, 1.165) is 6.67 Å². The van der Waals surface area contributed by atoms with Gasteiger partial charge in [0, 0.05) is 11.1 Å². The van der Waals surface area contributed by atoms with Gasteiger partial charge in [0.05, 0.1) is 13.2 Å². The Balaban J connectivity index is 2.75. The molecule has 0 spiro atoms. The van der Waals surface area contributed by atoms with Gasteiger partial charge in [0.1, 0.15) is 0 Å². The van der Waals surface area contributed by atoms with Crippen molar-refractivity contribution in [3.63, 3.8) is 0 Å². The van der Waals surface area contributed by atoms with Crippen LogP contribution in [0.1, 0.15) is 41.5 Å². The summed E-state index contributed by atoms with van der Waals surface area (Å²) in [5.74, 6) is 0.243. The van der Waals surface area contributed by atoms with Crippen molar-refractivity contribution in [2.24, 2.45) is 0 Å². The summed E-state index contributed by atoms with van der Waals surface area (Å²) in [5, 5.41) is 0. The molecule has 1 aliphatic heterocycles. The van der Waals surface area contributed by atoms with Crippen molar-refractivity contribution in [3.05, 3.63) is 0 Å². The molecule has 0 radical (unpaired) electrons. The lowest BCUT2D eigenvalue weighted by Crippen LogP contribution is -2.45. The minimum atomic E-state index is -0.0584. The van der Waals surface area contributed by atoms with Crippen LogP contribution in [-0.4, -0.2) is 40.0 Å². The molecule has 0 aromatic rings. The van der Waals surface area contributed by atoms with Crippen molar-refractivity contribution in [3.8, 4) is 0 Å². The fourth-order valence-corrected chi connectivity index (χ4v) is 1.58. The summed E-state index contributed by atoms with van der Waals surface area (Å²) < 4.78 is 0. The summed E-state index contributed by atoms with van der Waals surface area (Å²) in [5.41, 5.74) is 0.0206. The van der Waals surface area contributed by atoms with Crippen LogP contribution in [0.25, 0.3) is 0 Å². The predicted molar refractivity (Wildman–Crippen MR) is 57.9 cm³/mol. The summed E-state index contributed by atoms with van der Waals surface area (Å²) in [6.45, 7) is 14.0. The highest BCUT2D eigenvalue weighted by Gasteiger charge is 2.38. The van der Waals surface area contributed by atoms with E-state index in [1.807, 2.05) is 4.90 Å². The van der Waals surface area contributed by atoms with Gasteiger partial charge in [-0.3, -0.25) is 9.69 Å². The predicted octanol–water partition coefficient (Wildman–Crippen LogP) is 1.69. The highest BCUT2D eigenvalue weighted by Crippen LogP contribution is 2.24. The normalized spacial score (nSPS) is 20.7. The van der Waals surface area contributed by atoms with Gasteiger partial charge in [-0.05, 0) is 41.5 Å². The lowest BCUT2D eigenvalue weighted by molar-refractivity contribution is -0.130. The zero-order valence-corrected chi connectivity index (χ0v) is 10.2. The number of hydrogen-bond donors (Lipinski definition) is 0. The number of amides is 1. The Morgan fingerprint density at radius 1 is 1.00 bits per heavy atom. The number of hydrogen-bond acceptors (Lipinski definition) is 2. The molecular weight excluding hydrogens is 176 g/mol. The lowest BCUT2D eigenvalue weighted by atomic mass is 10.1. The van der Waals surface area contributed by atoms with Crippen molar-refractivity contribution in [2.75, 3.05) is 13.2 Å². The van der Waals surface area contributed by atoms with Crippen molar-refractivity contribution in [1.82, 2.24) is 9.80 Å². The first kappa shape index (κ1) is 11.5. The molecule has 3 heteroatoms. The Kier molecular flexibility index (Phi) is 2.65. The van der Waals surface area contributed by atoms with Crippen LogP contribution in [0.2, 0.25) is 0 Å². The number of nitrogens with zero attached hydrogens (tertiary/aromatic N) is 2. The minimum absolute atomic E-state index is 0.0584. The maximum Gasteiger partial charge on any atom is 0.238 e. The number of carbonyl (C=O) groups excluding carboxylic acids is 1. The van der Waals surface area contributed by atoms with E-state index in [-0.39, 0.29) is 17.0 Å². The molecule has 0 atom stereocenters. The molecule has 0 unspecified atom stereocenters. The Hall–Kier alpha value is -0.570. The summed E-state index contributed by atoms with van der Waals surface area (Å²) in [6, 6.07) is 0. The Morgan fingerprint density at radius 2 is 1.50 bits per heavy atom. The van der Waals surface area contributed by atoms with E-state index in [4.69, 9.17) is 0 Å². The van der Waals surface area contributed by atoms with Crippen LogP contribution in [0, 0.1) is 0 Å². The largest absolute Gasteiger partial charge is 0.324 e. The zero-order chi connectivity index (χ0) is 11.1. The molecule has 0 aliphatic carbocycles. The average molecular weight is 198 g/mol. The van der Waals surface area contributed by atoms with Gasteiger partial charge in [-0.25, -0.2) is 0 Å². The van der Waals surface area contributed by atoms with E-state index < -0.39 is 0 Å². The van der Waals surface area contributed by atoms with Gasteiger partial charge in [-0.2, -0.15) is 0 Å². The molecule has 14 heavy (non-hydrogen) atoms. The summed E-state index contributed by atoms with van der Waals surface area (Å²) in [6.07, 6.45) is 0. The lowest BCUT2D eigenvalue weighted by Gasteiger charge is -2.35. The van der Waals surface area contributed by atoms with Gasteiger partial charge < -0.3 is 4.90 Å². The maximum atomic E-state index is 11.8. The molecule has 1 amide bonds. The molecule has 3 nitrogen and oxygen atoms in total. The van der Waals surface area contributed by atoms with Gasteiger partial charge in [-0.1, -0.05) is 0 Å². The second-order valence-electron chi connectivity index (χ2n) is 6.00. The standard InChI is InChI=1S/C11H22N2O/c1-10(2,3)12-7-9(14)13(8-12)11(4,5)6/h7-8H2,1-6H3. The van der Waals surface area contributed by atoms with Crippen molar-refractivity contribution in [2.45, 2.75) is 52.6 Å². The van der Waals surface area contributed by atoms with Gasteiger partial charge in [0.15, 0.2) is 0 Å². The van der Waals surface area contributed by atoms with Crippen LogP contribution >= 0.6 is 0 Å². The Morgan fingerprint density at radius 3 is 1.71 bits per heavy atom. The molecule has 1 heterocycles. The summed E-state index contributed by atoms with van der Waals surface area (Å²) in [7, 11) is 0. The third-order valence-corrected chi connectivity index (χ3v) is 2.70. The van der Waals surface area contributed by atoms with Gasteiger partial charge in [0.2, 0.25) is 5.91 Å². The second kappa shape index (κ2) is 3.23. The molecule has 0 N–H and O–H groups in total. The van der Waals surface area contributed by atoms with Gasteiger partial charge in [0.25, 0.3) is 0 Å². The second-order valence-corrected chi connectivity index (χ2v) is 6.00. The monoisotopic (exact) mass is 198 g/mol. The van der Waals surface area contributed by atoms with E-state index in [9.17, 15) is 4.79 Å². The van der Waals surface area contributed by atoms with E-state index in [0.29, 0.717) is 6.54 Å². The van der Waals surface area contributed by atoms with Gasteiger partial charge >= 0.3 is 0 Å². The molecule has 82 valence electrons. The Labute approximate surface area is 87.1 Å². The zero-order valence-electron chi connectivity index (χ0n) is 10.2. The van der Waals surface area contributed by atoms with Crippen molar-refractivity contribution in [1.29, 1.82) is 0 Å². The van der Waals surface area contributed by atoms with E-state index >= 15 is 0 Å². The topological polar surface area (TPSA) is 23.6 Å². The molecular formula is C11H22N2O. The third kappa shape index (κ3) is 2.27. The molecule has 0 saturated carbocycles. The highest BCUT2D eigenvalue weighted by molar-refractivity contribution is 5.80. The molecule has 1 fully saturated rings. The first-order valence-corrected chi connectivity index (χ1v) is 5.18. The van der Waals surface area contributed by atoms with Gasteiger partial charge in [-0.15, -0.1) is 0 Å². The van der Waals surface area contributed by atoms with E-state index in [2.05, 4.69) is 46.4 Å². The van der Waals surface area contributed by atoms with Crippen LogP contribution in [0.4, 0.5) is 0 Å². The molecule has 1 saturated heterocycles. The number of carbonyl (C=O) groups is 1. The fourth-order valence-electron chi connectivity index (χ4n) is 1.58. The van der Waals surface area contributed by atoms with Crippen LogP contribution in [0.3, 0.4) is 0 Å². The maximum absolute atomic E-state index is 11.8. The fraction of sp³-hybridized carbons (Fsp3) is 0.909. The van der Waals surface area contributed by atoms with Crippen molar-refractivity contribution >= 4 is 5.91 Å². The molecule has 0 bridgehead atoms. The third-order valence-electron chi connectivity index (χ3n) is 2.70. The van der Waals surface area contributed by atoms with Crippen LogP contribution < -0.4 is 0 Å². The van der Waals surface area contributed by atoms with Crippen LogP contribution in [-0.2, 0) is 4.79 Å². The first-order chi connectivity index (χ1) is 6.12.